The van der Waals surface area contributed by atoms with E-state index in [-0.39, 0.29) is 11.1 Å². The Hall–Kier alpha value is -2.07. The van der Waals surface area contributed by atoms with E-state index in [0.717, 1.165) is 30.1 Å². The summed E-state index contributed by atoms with van der Waals surface area (Å²) in [4.78, 5) is 15.6. The molecular weight excluding hydrogens is 425 g/mol. The maximum atomic E-state index is 12.8. The van der Waals surface area contributed by atoms with Crippen molar-refractivity contribution in [2.45, 2.75) is 32.0 Å². The summed E-state index contributed by atoms with van der Waals surface area (Å²) in [6, 6.07) is 1.01. The second-order valence-electron chi connectivity index (χ2n) is 6.72. The molecule has 0 aromatic carbocycles. The fraction of sp³-hybridized carbons (Fsp3) is 0.500. The first kappa shape index (κ1) is 21.6. The van der Waals surface area contributed by atoms with Crippen LogP contribution >= 0.6 is 22.9 Å². The number of guanidine groups is 1. The number of aliphatic imine (C=N–C) groups is 1. The predicted octanol–water partition coefficient (Wildman–Crippen LogP) is 3.51. The summed E-state index contributed by atoms with van der Waals surface area (Å²) < 4.78 is 38.4. The minimum absolute atomic E-state index is 0.00160. The molecule has 2 aromatic heterocycles. The monoisotopic (exact) mass is 446 g/mol. The molecule has 0 aliphatic carbocycles. The number of anilines is 1. The number of alkyl halides is 3. The lowest BCUT2D eigenvalue weighted by Gasteiger charge is -2.21. The van der Waals surface area contributed by atoms with Gasteiger partial charge in [-0.3, -0.25) is 4.99 Å². The highest BCUT2D eigenvalue weighted by atomic mass is 35.5. The van der Waals surface area contributed by atoms with Crippen LogP contribution < -0.4 is 15.5 Å². The maximum Gasteiger partial charge on any atom is 0.417 e. The Morgan fingerprint density at radius 3 is 2.79 bits per heavy atom. The van der Waals surface area contributed by atoms with Gasteiger partial charge >= 0.3 is 6.18 Å². The molecule has 3 heterocycles. The Labute approximate surface area is 176 Å². The van der Waals surface area contributed by atoms with E-state index in [1.54, 1.807) is 18.4 Å². The van der Waals surface area contributed by atoms with Gasteiger partial charge in [-0.2, -0.15) is 13.2 Å². The summed E-state index contributed by atoms with van der Waals surface area (Å²) in [5, 5.41) is 7.68. The van der Waals surface area contributed by atoms with Gasteiger partial charge in [0.15, 0.2) is 5.96 Å². The Kier molecular flexibility index (Phi) is 6.84. The van der Waals surface area contributed by atoms with Crippen molar-refractivity contribution in [2.75, 3.05) is 31.6 Å². The molecule has 11 heteroatoms. The van der Waals surface area contributed by atoms with E-state index in [4.69, 9.17) is 11.6 Å². The number of hydrogen-bond acceptors (Lipinski definition) is 5. The number of nitrogens with one attached hydrogen (secondary N) is 2. The number of aryl methyl sites for hydroxylation is 1. The molecule has 0 bridgehead atoms. The summed E-state index contributed by atoms with van der Waals surface area (Å²) in [5.41, 5.74) is -0.847. The number of hydrogen-bond donors (Lipinski definition) is 2. The standard InChI is InChI=1S/C18H22ClF3N6S/c1-11-8-25-15(29-11)3-5-24-17(23-2)27-13-4-6-28(10-13)16-14(19)7-12(9-26-16)18(20,21)22/h7-9,13H,3-6,10H2,1-2H3,(H2,23,24,27). The van der Waals surface area contributed by atoms with Crippen LogP contribution in [0.3, 0.4) is 0 Å². The topological polar surface area (TPSA) is 65.4 Å². The van der Waals surface area contributed by atoms with Gasteiger partial charge in [-0.05, 0) is 19.4 Å². The fourth-order valence-corrected chi connectivity index (χ4v) is 4.15. The molecule has 0 amide bonds. The smallest absolute Gasteiger partial charge is 0.356 e. The Bertz CT molecular complexity index is 870. The van der Waals surface area contributed by atoms with Gasteiger partial charge in [0.2, 0.25) is 0 Å². The SMILES string of the molecule is CN=C(NCCc1ncc(C)s1)NC1CCN(c2ncc(C(F)(F)F)cc2Cl)C1. The van der Waals surface area contributed by atoms with Gasteiger partial charge in [0.05, 0.1) is 15.6 Å². The van der Waals surface area contributed by atoms with Gasteiger partial charge in [-0.15, -0.1) is 11.3 Å². The summed E-state index contributed by atoms with van der Waals surface area (Å²) in [5.74, 6) is 1.04. The van der Waals surface area contributed by atoms with Crippen molar-refractivity contribution in [3.63, 3.8) is 0 Å². The van der Waals surface area contributed by atoms with Crippen LogP contribution in [-0.4, -0.2) is 48.7 Å². The number of thiazole rings is 1. The second-order valence-corrected chi connectivity index (χ2v) is 8.44. The Morgan fingerprint density at radius 2 is 2.17 bits per heavy atom. The largest absolute Gasteiger partial charge is 0.417 e. The van der Waals surface area contributed by atoms with Crippen molar-refractivity contribution in [3.8, 4) is 0 Å². The third kappa shape index (κ3) is 5.72. The molecule has 1 unspecified atom stereocenters. The van der Waals surface area contributed by atoms with Gasteiger partial charge < -0.3 is 15.5 Å². The first-order valence-corrected chi connectivity index (χ1v) is 10.3. The molecule has 0 spiro atoms. The second kappa shape index (κ2) is 9.17. The average Bonchev–Trinajstić information content (AvgIpc) is 3.29. The molecule has 3 rings (SSSR count). The van der Waals surface area contributed by atoms with Crippen LogP contribution in [0.5, 0.6) is 0 Å². The molecule has 1 fully saturated rings. The summed E-state index contributed by atoms with van der Waals surface area (Å²) >= 11 is 7.73. The lowest BCUT2D eigenvalue weighted by Crippen LogP contribution is -2.45. The van der Waals surface area contributed by atoms with Gasteiger partial charge in [-0.25, -0.2) is 9.97 Å². The van der Waals surface area contributed by atoms with Crippen LogP contribution in [0.2, 0.25) is 5.02 Å². The van der Waals surface area contributed by atoms with Crippen LogP contribution in [0, 0.1) is 6.92 Å². The molecule has 0 saturated carbocycles. The molecule has 158 valence electrons. The third-order valence-corrected chi connectivity index (χ3v) is 5.75. The normalized spacial score (nSPS) is 17.7. The minimum Gasteiger partial charge on any atom is -0.356 e. The van der Waals surface area contributed by atoms with Crippen LogP contribution in [0.1, 0.15) is 21.9 Å². The highest BCUT2D eigenvalue weighted by Crippen LogP contribution is 2.34. The minimum atomic E-state index is -4.46. The number of aromatic nitrogens is 2. The highest BCUT2D eigenvalue weighted by molar-refractivity contribution is 7.11. The van der Waals surface area contributed by atoms with E-state index < -0.39 is 11.7 Å². The molecule has 2 N–H and O–H groups in total. The quantitative estimate of drug-likeness (QED) is 0.543. The van der Waals surface area contributed by atoms with Crippen LogP contribution in [0.4, 0.5) is 19.0 Å². The first-order valence-electron chi connectivity index (χ1n) is 9.12. The lowest BCUT2D eigenvalue weighted by atomic mass is 10.2. The zero-order chi connectivity index (χ0) is 21.0. The molecular formula is C18H22ClF3N6S. The molecule has 0 radical (unpaired) electrons. The lowest BCUT2D eigenvalue weighted by molar-refractivity contribution is -0.137. The zero-order valence-corrected chi connectivity index (χ0v) is 17.6. The molecule has 1 saturated heterocycles. The van der Waals surface area contributed by atoms with E-state index >= 15 is 0 Å². The molecule has 6 nitrogen and oxygen atoms in total. The summed E-state index contributed by atoms with van der Waals surface area (Å²) in [6.45, 7) is 3.95. The van der Waals surface area contributed by atoms with E-state index in [1.165, 1.54) is 4.88 Å². The number of rotatable bonds is 5. The Morgan fingerprint density at radius 1 is 1.38 bits per heavy atom. The molecule has 2 aromatic rings. The number of halogens is 4. The van der Waals surface area contributed by atoms with Crippen molar-refractivity contribution in [1.29, 1.82) is 0 Å². The summed E-state index contributed by atoms with van der Waals surface area (Å²) in [7, 11) is 1.70. The third-order valence-electron chi connectivity index (χ3n) is 4.50. The van der Waals surface area contributed by atoms with Crippen molar-refractivity contribution >= 4 is 34.7 Å². The molecule has 1 atom stereocenters. The average molecular weight is 447 g/mol. The number of pyridine rings is 1. The van der Waals surface area contributed by atoms with Gasteiger partial charge in [0.1, 0.15) is 5.82 Å². The van der Waals surface area contributed by atoms with Crippen LogP contribution in [0.15, 0.2) is 23.5 Å². The van der Waals surface area contributed by atoms with E-state index in [9.17, 15) is 13.2 Å². The van der Waals surface area contributed by atoms with E-state index in [0.29, 0.717) is 31.4 Å². The summed E-state index contributed by atoms with van der Waals surface area (Å²) in [6.07, 6.45) is -0.171. The van der Waals surface area contributed by atoms with E-state index in [2.05, 4.69) is 25.6 Å². The van der Waals surface area contributed by atoms with Crippen LogP contribution in [0.25, 0.3) is 0 Å². The van der Waals surface area contributed by atoms with Gasteiger partial charge in [-0.1, -0.05) is 11.6 Å². The van der Waals surface area contributed by atoms with E-state index in [1.807, 2.05) is 18.0 Å². The Balaban J connectivity index is 1.52. The van der Waals surface area contributed by atoms with Crippen molar-refractivity contribution in [1.82, 2.24) is 20.6 Å². The zero-order valence-electron chi connectivity index (χ0n) is 16.1. The highest BCUT2D eigenvalue weighted by Gasteiger charge is 2.33. The van der Waals surface area contributed by atoms with Gasteiger partial charge in [0.25, 0.3) is 0 Å². The first-order chi connectivity index (χ1) is 13.8. The van der Waals surface area contributed by atoms with Crippen molar-refractivity contribution < 1.29 is 13.2 Å². The maximum absolute atomic E-state index is 12.8. The molecule has 1 aliphatic rings. The molecule has 29 heavy (non-hydrogen) atoms. The van der Waals surface area contributed by atoms with Crippen molar-refractivity contribution in [3.05, 3.63) is 38.9 Å². The van der Waals surface area contributed by atoms with Crippen LogP contribution in [-0.2, 0) is 12.6 Å². The van der Waals surface area contributed by atoms with Crippen molar-refractivity contribution in [2.24, 2.45) is 4.99 Å². The predicted molar refractivity (Wildman–Crippen MR) is 110 cm³/mol. The molecule has 1 aliphatic heterocycles. The van der Waals surface area contributed by atoms with Gasteiger partial charge in [0, 0.05) is 56.4 Å². The fourth-order valence-electron chi connectivity index (χ4n) is 3.08. The number of nitrogens with zero attached hydrogens (tertiary/aromatic N) is 4.